The first-order valence-corrected chi connectivity index (χ1v) is 25.0. The maximum absolute atomic E-state index is 7.12. The molecular formula is C38H42NO7PSi2. The monoisotopic (exact) mass is 711 g/mol. The molecule has 0 aliphatic carbocycles. The lowest BCUT2D eigenvalue weighted by Crippen LogP contribution is -2.62. The topological polar surface area (TPSA) is 84.8 Å². The highest BCUT2D eigenvalue weighted by Gasteiger charge is 2.55. The van der Waals surface area contributed by atoms with Crippen molar-refractivity contribution in [1.82, 2.24) is 0 Å². The molecule has 49 heavy (non-hydrogen) atoms. The summed E-state index contributed by atoms with van der Waals surface area (Å²) in [5.41, 5.74) is 3.47. The van der Waals surface area contributed by atoms with Crippen LogP contribution in [0.25, 0.3) is 21.9 Å². The third-order valence-electron chi connectivity index (χ3n) is 9.37. The van der Waals surface area contributed by atoms with Crippen molar-refractivity contribution in [3.8, 4) is 0 Å². The van der Waals surface area contributed by atoms with Crippen LogP contribution in [0.5, 0.6) is 0 Å². The van der Waals surface area contributed by atoms with Gasteiger partial charge >= 0.3 is 8.24 Å². The average Bonchev–Trinajstić information content (AvgIpc) is 3.45. The standard InChI is InChI=1S/C38H42NO7PSi2/c1-48(2,3)29-21-13-19-26-27-20-14-22-30(49(4,5)6)33(27)45-47(44-32(26)29)46-35-31-38(43-36(39-31)24-15-9-7-10-16-24)41-28-23-40-37(42-34(28)35)25-17-11-8-12-18-25/h7-22,28,31,34-35,37-38H,23H2,1-6H3/t28-,31-,34-,35-,37-,38-/m1/s1. The van der Waals surface area contributed by atoms with E-state index in [4.69, 9.17) is 36.9 Å². The minimum atomic E-state index is -1.97. The fourth-order valence-corrected chi connectivity index (χ4v) is 11.2. The molecule has 0 N–H and O–H groups in total. The van der Waals surface area contributed by atoms with E-state index in [9.17, 15) is 0 Å². The number of hydrogen-bond donors (Lipinski definition) is 0. The number of benzene rings is 4. The van der Waals surface area contributed by atoms with Gasteiger partial charge in [0.25, 0.3) is 0 Å². The van der Waals surface area contributed by atoms with Gasteiger partial charge in [0.1, 0.15) is 35.5 Å². The average molecular weight is 712 g/mol. The summed E-state index contributed by atoms with van der Waals surface area (Å²) in [6.07, 6.45) is -2.86. The molecule has 0 saturated carbocycles. The zero-order valence-corrected chi connectivity index (χ0v) is 31.6. The maximum Gasteiger partial charge on any atom is 0.387 e. The number of aliphatic imine (C=N–C) groups is 1. The molecule has 0 bridgehead atoms. The predicted molar refractivity (Wildman–Crippen MR) is 199 cm³/mol. The first-order chi connectivity index (χ1) is 23.5. The van der Waals surface area contributed by atoms with Crippen LogP contribution in [-0.4, -0.2) is 59.3 Å². The van der Waals surface area contributed by atoms with Gasteiger partial charge in [-0.05, 0) is 22.5 Å². The van der Waals surface area contributed by atoms with Crippen molar-refractivity contribution in [3.05, 3.63) is 108 Å². The summed E-state index contributed by atoms with van der Waals surface area (Å²) in [6.45, 7) is 14.3. The molecule has 2 saturated heterocycles. The molecule has 0 amide bonds. The van der Waals surface area contributed by atoms with Crippen LogP contribution >= 0.6 is 8.24 Å². The van der Waals surface area contributed by atoms with Crippen molar-refractivity contribution in [2.45, 2.75) is 76.2 Å². The molecule has 1 aromatic heterocycles. The van der Waals surface area contributed by atoms with Gasteiger partial charge < -0.3 is 27.3 Å². The minimum absolute atomic E-state index is 0.308. The van der Waals surface area contributed by atoms with Gasteiger partial charge in [0, 0.05) is 21.9 Å². The molecule has 3 aliphatic heterocycles. The Labute approximate surface area is 289 Å². The summed E-state index contributed by atoms with van der Waals surface area (Å²) in [7, 11) is -5.67. The van der Waals surface area contributed by atoms with Crippen molar-refractivity contribution in [2.24, 2.45) is 4.99 Å². The van der Waals surface area contributed by atoms with Crippen molar-refractivity contribution in [3.63, 3.8) is 0 Å². The molecule has 3 aliphatic rings. The van der Waals surface area contributed by atoms with Crippen LogP contribution in [-0.2, 0) is 18.9 Å². The van der Waals surface area contributed by atoms with Gasteiger partial charge in [-0.3, -0.25) is 4.52 Å². The Hall–Kier alpha value is -3.48. The second-order valence-electron chi connectivity index (χ2n) is 15.0. The van der Waals surface area contributed by atoms with E-state index in [1.54, 1.807) is 0 Å². The lowest BCUT2D eigenvalue weighted by molar-refractivity contribution is -0.324. The third-order valence-corrected chi connectivity index (χ3v) is 14.5. The SMILES string of the molecule is C[Si](C)(C)c1cccc2c1op(O[C@@H]1[C@H]3N=C(c4ccccc4)O[C@H]3O[C@@H]3CO[C@@H](c4ccccc4)O[C@@H]13)oc1c([Si](C)(C)C)cccc12. The molecule has 4 heterocycles. The highest BCUT2D eigenvalue weighted by molar-refractivity contribution is 7.32. The van der Waals surface area contributed by atoms with Gasteiger partial charge in [-0.25, -0.2) is 4.99 Å². The first-order valence-electron chi connectivity index (χ1n) is 16.9. The van der Waals surface area contributed by atoms with Crippen molar-refractivity contribution >= 4 is 62.6 Å². The summed E-state index contributed by atoms with van der Waals surface area (Å²) in [6, 6.07) is 32.2. The van der Waals surface area contributed by atoms with E-state index in [0.29, 0.717) is 12.5 Å². The molecule has 0 spiro atoms. The molecule has 254 valence electrons. The van der Waals surface area contributed by atoms with E-state index in [1.165, 1.54) is 10.4 Å². The Morgan fingerprint density at radius 3 is 1.88 bits per heavy atom. The molecular weight excluding hydrogens is 670 g/mol. The van der Waals surface area contributed by atoms with Crippen LogP contribution in [0.15, 0.2) is 110 Å². The summed E-state index contributed by atoms with van der Waals surface area (Å²) in [4.78, 5) is 5.08. The van der Waals surface area contributed by atoms with E-state index in [2.05, 4.69) is 75.7 Å². The molecule has 2 fully saturated rings. The van der Waals surface area contributed by atoms with Crippen LogP contribution in [0.2, 0.25) is 39.3 Å². The van der Waals surface area contributed by atoms with Crippen molar-refractivity contribution in [2.75, 3.05) is 6.61 Å². The highest BCUT2D eigenvalue weighted by atomic mass is 31.1. The van der Waals surface area contributed by atoms with Crippen LogP contribution in [0, 0.1) is 0 Å². The second-order valence-corrected chi connectivity index (χ2v) is 26.1. The lowest BCUT2D eigenvalue weighted by Gasteiger charge is -2.45. The van der Waals surface area contributed by atoms with E-state index in [-0.39, 0.29) is 0 Å². The largest absolute Gasteiger partial charge is 0.445 e. The van der Waals surface area contributed by atoms with E-state index in [1.807, 2.05) is 60.7 Å². The van der Waals surface area contributed by atoms with Crippen molar-refractivity contribution in [1.29, 1.82) is 0 Å². The summed E-state index contributed by atoms with van der Waals surface area (Å²) in [5, 5.41) is 4.51. The number of rotatable bonds is 6. The number of nitrogens with zero attached hydrogens (tertiary/aromatic N) is 1. The Morgan fingerprint density at radius 2 is 1.29 bits per heavy atom. The summed E-state index contributed by atoms with van der Waals surface area (Å²) in [5.74, 6) is 0.511. The van der Waals surface area contributed by atoms with Gasteiger partial charge in [0.15, 0.2) is 6.29 Å². The van der Waals surface area contributed by atoms with Gasteiger partial charge in [-0.1, -0.05) is 124 Å². The van der Waals surface area contributed by atoms with E-state index < -0.39 is 61.3 Å². The minimum Gasteiger partial charge on any atom is -0.445 e. The molecule has 4 aromatic carbocycles. The molecule has 11 heteroatoms. The van der Waals surface area contributed by atoms with Crippen LogP contribution in [0.4, 0.5) is 0 Å². The van der Waals surface area contributed by atoms with Crippen LogP contribution in [0.3, 0.4) is 0 Å². The van der Waals surface area contributed by atoms with Crippen LogP contribution in [0.1, 0.15) is 17.4 Å². The normalized spacial score (nSPS) is 25.4. The van der Waals surface area contributed by atoms with Gasteiger partial charge in [-0.2, -0.15) is 0 Å². The fraction of sp³-hybridized carbons (Fsp3) is 0.342. The number of fused-ring (bicyclic) bond motifs is 5. The molecule has 8 nitrogen and oxygen atoms in total. The molecule has 6 atom stereocenters. The Morgan fingerprint density at radius 1 is 0.694 bits per heavy atom. The number of para-hydroxylation sites is 2. The fourth-order valence-electron chi connectivity index (χ4n) is 6.88. The quantitative estimate of drug-likeness (QED) is 0.166. The lowest BCUT2D eigenvalue weighted by atomic mass is 9.96. The number of ether oxygens (including phenoxy) is 4. The maximum atomic E-state index is 7.12. The van der Waals surface area contributed by atoms with Crippen molar-refractivity contribution < 1.29 is 31.9 Å². The van der Waals surface area contributed by atoms with E-state index in [0.717, 1.165) is 33.1 Å². The highest BCUT2D eigenvalue weighted by Crippen LogP contribution is 2.42. The summed E-state index contributed by atoms with van der Waals surface area (Å²) >= 11 is 0. The van der Waals surface area contributed by atoms with Gasteiger partial charge in [-0.15, -0.1) is 0 Å². The van der Waals surface area contributed by atoms with Crippen LogP contribution < -0.4 is 14.9 Å². The van der Waals surface area contributed by atoms with E-state index >= 15 is 0 Å². The molecule has 5 aromatic rings. The summed E-state index contributed by atoms with van der Waals surface area (Å²) < 4.78 is 46.9. The zero-order valence-electron chi connectivity index (χ0n) is 28.7. The molecule has 8 rings (SSSR count). The Bertz CT molecular complexity index is 1980. The molecule has 0 unspecified atom stereocenters. The van der Waals surface area contributed by atoms with Gasteiger partial charge in [0.2, 0.25) is 12.2 Å². The Kier molecular flexibility index (Phi) is 8.47. The predicted octanol–water partition coefficient (Wildman–Crippen LogP) is 7.86. The zero-order chi connectivity index (χ0) is 33.9. The molecule has 0 radical (unpaired) electrons. The Balaban J connectivity index is 1.31. The smallest absolute Gasteiger partial charge is 0.387 e. The van der Waals surface area contributed by atoms with Gasteiger partial charge in [0.05, 0.1) is 22.8 Å². The first kappa shape index (κ1) is 32.7. The third kappa shape index (κ3) is 6.25. The number of hydrogen-bond acceptors (Lipinski definition) is 8. The second kappa shape index (κ2) is 12.7.